The van der Waals surface area contributed by atoms with Crippen LogP contribution in [0.15, 0.2) is 84.0 Å². The van der Waals surface area contributed by atoms with Gasteiger partial charge in [-0.15, -0.1) is 11.3 Å². The summed E-state index contributed by atoms with van der Waals surface area (Å²) in [7, 11) is 0. The third-order valence-corrected chi connectivity index (χ3v) is 7.79. The summed E-state index contributed by atoms with van der Waals surface area (Å²) in [5.41, 5.74) is 11.9. The van der Waals surface area contributed by atoms with Crippen LogP contribution in [0.3, 0.4) is 0 Å². The van der Waals surface area contributed by atoms with E-state index in [1.54, 1.807) is 0 Å². The zero-order chi connectivity index (χ0) is 25.2. The number of nitrogen functional groups attached to an aromatic ring is 1. The number of hydrogen-bond acceptors (Lipinski definition) is 7. The van der Waals surface area contributed by atoms with Crippen molar-refractivity contribution in [3.05, 3.63) is 106 Å². The van der Waals surface area contributed by atoms with Crippen LogP contribution in [0.1, 0.15) is 36.7 Å². The Morgan fingerprint density at radius 2 is 1.44 bits per heavy atom. The first kappa shape index (κ1) is 23.9. The number of fused-ring (bicyclic) bond motifs is 1. The number of anilines is 1. The van der Waals surface area contributed by atoms with Crippen molar-refractivity contribution >= 4 is 50.6 Å². The number of nitrogens with two attached hydrogens (primary N) is 1. The molecule has 2 N–H and O–H groups in total. The molecule has 0 radical (unpaired) electrons. The average molecular weight is 510 g/mol. The van der Waals surface area contributed by atoms with Gasteiger partial charge in [0, 0.05) is 16.7 Å². The first-order chi connectivity index (χ1) is 17.4. The summed E-state index contributed by atoms with van der Waals surface area (Å²) in [5, 5.41) is 1.13. The lowest BCUT2D eigenvalue weighted by Crippen LogP contribution is -2.04. The fraction of sp³-hybridized carbons (Fsp3) is 0.103. The number of rotatable bonds is 7. The van der Waals surface area contributed by atoms with Crippen LogP contribution in [-0.4, -0.2) is 27.3 Å². The summed E-state index contributed by atoms with van der Waals surface area (Å²) >= 11 is 2.54. The Labute approximate surface area is 217 Å². The van der Waals surface area contributed by atoms with Crippen LogP contribution >= 0.6 is 23.1 Å². The van der Waals surface area contributed by atoms with Crippen LogP contribution in [0.5, 0.6) is 0 Å². The van der Waals surface area contributed by atoms with Crippen LogP contribution in [0.4, 0.5) is 5.69 Å². The fourth-order valence-electron chi connectivity index (χ4n) is 3.83. The molecule has 0 aliphatic heterocycles. The highest BCUT2D eigenvalue weighted by atomic mass is 32.2. The predicted molar refractivity (Wildman–Crippen MR) is 148 cm³/mol. The Morgan fingerprint density at radius 1 is 0.833 bits per heavy atom. The van der Waals surface area contributed by atoms with Crippen LogP contribution in [-0.2, 0) is 0 Å². The molecular formula is C29H23N3O2S2. The number of benzene rings is 3. The standard InChI is InChI=1S/C29H23N3O2S2/c1-17-8-12-19(13-9-17)22(33)16-35-29-31-25(20-6-4-3-5-7-20)23-24(30)27(36-28(23)32-29)26(34)21-14-10-18(2)11-15-21/h3-15H,16,30H2,1-2H3. The summed E-state index contributed by atoms with van der Waals surface area (Å²) in [4.78, 5) is 36.6. The summed E-state index contributed by atoms with van der Waals surface area (Å²) in [6.07, 6.45) is 0. The highest BCUT2D eigenvalue weighted by molar-refractivity contribution is 7.99. The number of Topliss-reactive ketones (excluding diaryl/α,β-unsaturated/α-hetero) is 1. The minimum absolute atomic E-state index is 0.00545. The predicted octanol–water partition coefficient (Wildman–Crippen LogP) is 6.76. The molecule has 0 saturated carbocycles. The van der Waals surface area contributed by atoms with Crippen molar-refractivity contribution in [2.75, 3.05) is 11.5 Å². The molecule has 0 spiro atoms. The number of thiophene rings is 1. The Hall–Kier alpha value is -3.81. The van der Waals surface area contributed by atoms with E-state index in [2.05, 4.69) is 0 Å². The number of aromatic nitrogens is 2. The van der Waals surface area contributed by atoms with E-state index in [4.69, 9.17) is 15.7 Å². The third-order valence-electron chi connectivity index (χ3n) is 5.84. The van der Waals surface area contributed by atoms with E-state index in [0.717, 1.165) is 16.7 Å². The van der Waals surface area contributed by atoms with Crippen LogP contribution < -0.4 is 5.73 Å². The lowest BCUT2D eigenvalue weighted by Gasteiger charge is -2.07. The van der Waals surface area contributed by atoms with E-state index in [9.17, 15) is 9.59 Å². The molecule has 5 nitrogen and oxygen atoms in total. The Balaban J connectivity index is 1.54. The Bertz CT molecular complexity index is 1580. The van der Waals surface area contributed by atoms with Crippen LogP contribution in [0.2, 0.25) is 0 Å². The van der Waals surface area contributed by atoms with Gasteiger partial charge in [0.15, 0.2) is 10.9 Å². The molecule has 5 rings (SSSR count). The highest BCUT2D eigenvalue weighted by Gasteiger charge is 2.23. The zero-order valence-electron chi connectivity index (χ0n) is 19.8. The molecule has 3 aromatic carbocycles. The number of ketones is 2. The van der Waals surface area contributed by atoms with Gasteiger partial charge in [0.1, 0.15) is 9.71 Å². The second kappa shape index (κ2) is 10.0. The summed E-state index contributed by atoms with van der Waals surface area (Å²) < 4.78 is 0. The average Bonchev–Trinajstić information content (AvgIpc) is 3.24. The molecule has 2 aromatic heterocycles. The molecule has 0 atom stereocenters. The van der Waals surface area contributed by atoms with Gasteiger partial charge in [0.05, 0.1) is 22.5 Å². The molecule has 0 fully saturated rings. The maximum atomic E-state index is 13.3. The van der Waals surface area contributed by atoms with Crippen molar-refractivity contribution in [2.45, 2.75) is 19.0 Å². The smallest absolute Gasteiger partial charge is 0.205 e. The molecule has 0 bridgehead atoms. The maximum Gasteiger partial charge on any atom is 0.205 e. The molecule has 0 saturated heterocycles. The van der Waals surface area contributed by atoms with Crippen molar-refractivity contribution in [1.29, 1.82) is 0 Å². The lowest BCUT2D eigenvalue weighted by atomic mass is 10.0. The number of nitrogens with zero attached hydrogens (tertiary/aromatic N) is 2. The topological polar surface area (TPSA) is 85.9 Å². The Morgan fingerprint density at radius 3 is 2.08 bits per heavy atom. The molecule has 0 amide bonds. The van der Waals surface area contributed by atoms with Crippen LogP contribution in [0, 0.1) is 13.8 Å². The van der Waals surface area contributed by atoms with Gasteiger partial charge < -0.3 is 5.73 Å². The molecule has 178 valence electrons. The maximum absolute atomic E-state index is 13.3. The van der Waals surface area contributed by atoms with Crippen molar-refractivity contribution in [3.63, 3.8) is 0 Å². The summed E-state index contributed by atoms with van der Waals surface area (Å²) in [6, 6.07) is 24.6. The first-order valence-electron chi connectivity index (χ1n) is 11.4. The second-order valence-corrected chi connectivity index (χ2v) is 10.5. The van der Waals surface area contributed by atoms with Gasteiger partial charge in [0.25, 0.3) is 0 Å². The first-order valence-corrected chi connectivity index (χ1v) is 13.2. The van der Waals surface area contributed by atoms with E-state index in [-0.39, 0.29) is 17.3 Å². The van der Waals surface area contributed by atoms with Crippen molar-refractivity contribution in [3.8, 4) is 11.3 Å². The molecule has 5 aromatic rings. The molecule has 0 aliphatic carbocycles. The highest BCUT2D eigenvalue weighted by Crippen LogP contribution is 2.40. The van der Waals surface area contributed by atoms with E-state index < -0.39 is 0 Å². The number of hydrogen-bond donors (Lipinski definition) is 1. The summed E-state index contributed by atoms with van der Waals surface area (Å²) in [6.45, 7) is 3.97. The fourth-order valence-corrected chi connectivity index (χ4v) is 5.68. The quantitative estimate of drug-likeness (QED) is 0.148. The summed E-state index contributed by atoms with van der Waals surface area (Å²) in [5.74, 6) is 0.0721. The molecular weight excluding hydrogens is 486 g/mol. The SMILES string of the molecule is Cc1ccc(C(=O)CSc2nc(-c3ccccc3)c3c(N)c(C(=O)c4ccc(C)cc4)sc3n2)cc1. The van der Waals surface area contributed by atoms with Gasteiger partial charge in [-0.05, 0) is 13.8 Å². The van der Waals surface area contributed by atoms with Gasteiger partial charge >= 0.3 is 0 Å². The van der Waals surface area contributed by atoms with E-state index in [0.29, 0.717) is 42.8 Å². The van der Waals surface area contributed by atoms with Gasteiger partial charge in [-0.3, -0.25) is 9.59 Å². The molecule has 0 aliphatic rings. The molecule has 7 heteroatoms. The van der Waals surface area contributed by atoms with E-state index in [1.807, 2.05) is 92.7 Å². The lowest BCUT2D eigenvalue weighted by molar-refractivity contribution is 0.101. The van der Waals surface area contributed by atoms with Gasteiger partial charge in [0.2, 0.25) is 5.78 Å². The van der Waals surface area contributed by atoms with Crippen molar-refractivity contribution < 1.29 is 9.59 Å². The number of aryl methyl sites for hydroxylation is 2. The largest absolute Gasteiger partial charge is 0.397 e. The van der Waals surface area contributed by atoms with Gasteiger partial charge in [-0.25, -0.2) is 9.97 Å². The molecule has 0 unspecified atom stereocenters. The molecule has 2 heterocycles. The Kier molecular flexibility index (Phi) is 6.67. The molecule has 36 heavy (non-hydrogen) atoms. The van der Waals surface area contributed by atoms with E-state index >= 15 is 0 Å². The van der Waals surface area contributed by atoms with Crippen molar-refractivity contribution in [2.24, 2.45) is 0 Å². The van der Waals surface area contributed by atoms with Crippen LogP contribution in [0.25, 0.3) is 21.5 Å². The second-order valence-electron chi connectivity index (χ2n) is 8.52. The number of thioether (sulfide) groups is 1. The van der Waals surface area contributed by atoms with Crippen molar-refractivity contribution in [1.82, 2.24) is 9.97 Å². The zero-order valence-corrected chi connectivity index (χ0v) is 21.5. The van der Waals surface area contributed by atoms with Gasteiger partial charge in [-0.2, -0.15) is 0 Å². The normalized spacial score (nSPS) is 11.1. The minimum Gasteiger partial charge on any atom is -0.397 e. The minimum atomic E-state index is -0.140. The number of carbonyl (C=O) groups is 2. The van der Waals surface area contributed by atoms with E-state index in [1.165, 1.54) is 23.1 Å². The monoisotopic (exact) mass is 509 g/mol. The third kappa shape index (κ3) is 4.80. The number of carbonyl (C=O) groups excluding carboxylic acids is 2. The van der Waals surface area contributed by atoms with Gasteiger partial charge in [-0.1, -0.05) is 102 Å².